The molecule has 0 aliphatic carbocycles. The van der Waals surface area contributed by atoms with Gasteiger partial charge in [0.25, 0.3) is 0 Å². The molecule has 0 radical (unpaired) electrons. The Balaban J connectivity index is -0.000000730. The van der Waals surface area contributed by atoms with Crippen molar-refractivity contribution in [1.82, 2.24) is 30.7 Å². The number of hydrogen-bond donors (Lipinski definition) is 3. The molecule has 3 amide bonds. The number of nitrogens with zero attached hydrogens (tertiary/aromatic N) is 3. The van der Waals surface area contributed by atoms with Crippen molar-refractivity contribution in [1.29, 1.82) is 0 Å². The van der Waals surface area contributed by atoms with Crippen molar-refractivity contribution in [2.24, 2.45) is 0 Å². The van der Waals surface area contributed by atoms with Gasteiger partial charge in [-0.05, 0) is 26.8 Å². The molecule has 0 unspecified atom stereocenters. The zero-order valence-electron chi connectivity index (χ0n) is 33.9. The van der Waals surface area contributed by atoms with E-state index in [0.29, 0.717) is 72.1 Å². The van der Waals surface area contributed by atoms with Gasteiger partial charge in [-0.2, -0.15) is 0 Å². The number of amides is 3. The second kappa shape index (κ2) is 37.3. The molecule has 0 aromatic carbocycles. The molecule has 0 heterocycles. The van der Waals surface area contributed by atoms with Gasteiger partial charge in [0.15, 0.2) is 11.6 Å². The Hall–Kier alpha value is -4.04. The maximum absolute atomic E-state index is 11.2. The Morgan fingerprint density at radius 2 is 0.815 bits per heavy atom. The van der Waals surface area contributed by atoms with Gasteiger partial charge in [-0.3, -0.25) is 53.1 Å². The summed E-state index contributed by atoms with van der Waals surface area (Å²) in [7, 11) is 4.04. The highest BCUT2D eigenvalue weighted by molar-refractivity contribution is 5.77. The highest BCUT2D eigenvalue weighted by Gasteiger charge is 2.12. The number of ketones is 2. The average Bonchev–Trinajstić information content (AvgIpc) is 3.10. The van der Waals surface area contributed by atoms with Crippen LogP contribution in [0.4, 0.5) is 0 Å². The lowest BCUT2D eigenvalue weighted by atomic mass is 10.3. The second-order valence-corrected chi connectivity index (χ2v) is 11.8. The normalized spacial score (nSPS) is 10.3. The van der Waals surface area contributed by atoms with Crippen LogP contribution in [-0.4, -0.2) is 188 Å². The summed E-state index contributed by atoms with van der Waals surface area (Å²) in [5.41, 5.74) is 0. The van der Waals surface area contributed by atoms with E-state index in [1.54, 1.807) is 4.90 Å². The number of Topliss-reactive ketones (excluding diaryl/α,β-unsaturated/α-hetero) is 2. The highest BCUT2D eigenvalue weighted by Crippen LogP contribution is 1.95. The zero-order chi connectivity index (χ0) is 41.7. The number of rotatable bonds is 28. The third kappa shape index (κ3) is 42.4. The summed E-state index contributed by atoms with van der Waals surface area (Å²) in [6, 6.07) is 0. The van der Waals surface area contributed by atoms with Crippen molar-refractivity contribution in [3.05, 3.63) is 0 Å². The van der Waals surface area contributed by atoms with E-state index < -0.39 is 0 Å². The molecule has 0 bridgehead atoms. The molecule has 314 valence electrons. The van der Waals surface area contributed by atoms with Crippen LogP contribution in [0.15, 0.2) is 0 Å². The molecule has 0 fully saturated rings. The first-order chi connectivity index (χ1) is 25.5. The molecule has 54 heavy (non-hydrogen) atoms. The molecule has 0 atom stereocenters. The third-order valence-corrected chi connectivity index (χ3v) is 6.68. The monoisotopic (exact) mass is 778 g/mol. The Labute approximate surface area is 320 Å². The zero-order valence-corrected chi connectivity index (χ0v) is 33.9. The van der Waals surface area contributed by atoms with Crippen LogP contribution >= 0.6 is 0 Å². The predicted octanol–water partition coefficient (Wildman–Crippen LogP) is -1.20. The fourth-order valence-electron chi connectivity index (χ4n) is 4.03. The summed E-state index contributed by atoms with van der Waals surface area (Å²) in [6.07, 6.45) is 1.25. The molecule has 0 spiro atoms. The number of hydrogen-bond acceptors (Lipinski definition) is 16. The van der Waals surface area contributed by atoms with Crippen LogP contribution in [0.3, 0.4) is 0 Å². The summed E-state index contributed by atoms with van der Waals surface area (Å²) >= 11 is 0. The number of methoxy groups -OCH3 is 3. The van der Waals surface area contributed by atoms with Crippen molar-refractivity contribution < 1.29 is 62.0 Å². The number of esters is 3. The molecule has 0 aliphatic rings. The van der Waals surface area contributed by atoms with Crippen LogP contribution in [0.2, 0.25) is 0 Å². The van der Waals surface area contributed by atoms with Gasteiger partial charge < -0.3 is 39.6 Å². The lowest BCUT2D eigenvalue weighted by molar-refractivity contribution is -0.143. The standard InChI is InChI=1S/C13H24N2O5.C12H22N2O5.C10H20N2O3/c1-11(16)10-20-9-8-15(6-4-13(18)19-3)7-5-14-12(2)17;1-10(15)9-19-7-6-14(8-12(17)18-3)5-4-13-11(2)16;1-4-6-12(8-10(14)15-3)7-5-11-9(2)13/h4-10H2,1-3H3,(H,14,17);4-9H2,1-3H3,(H,13,16);4-8H2,1-3H3,(H,11,13). The highest BCUT2D eigenvalue weighted by atomic mass is 16.5. The van der Waals surface area contributed by atoms with Crippen LogP contribution in [0, 0.1) is 0 Å². The summed E-state index contributed by atoms with van der Waals surface area (Å²) in [6.45, 7) is 16.4. The van der Waals surface area contributed by atoms with Crippen LogP contribution < -0.4 is 16.0 Å². The predicted molar refractivity (Wildman–Crippen MR) is 199 cm³/mol. The molecule has 19 nitrogen and oxygen atoms in total. The molecule has 0 aromatic rings. The lowest BCUT2D eigenvalue weighted by Gasteiger charge is -2.21. The van der Waals surface area contributed by atoms with E-state index >= 15 is 0 Å². The quantitative estimate of drug-likeness (QED) is 0.0482. The largest absolute Gasteiger partial charge is 0.469 e. The van der Waals surface area contributed by atoms with Gasteiger partial charge in [-0.15, -0.1) is 0 Å². The minimum atomic E-state index is -0.352. The van der Waals surface area contributed by atoms with E-state index in [1.165, 1.54) is 55.9 Å². The van der Waals surface area contributed by atoms with Gasteiger partial charge in [-0.1, -0.05) is 6.92 Å². The molecular weight excluding hydrogens is 712 g/mol. The van der Waals surface area contributed by atoms with Crippen LogP contribution in [-0.2, 0) is 62.0 Å². The maximum atomic E-state index is 11.2. The topological polar surface area (TPSA) is 229 Å². The Morgan fingerprint density at radius 3 is 1.15 bits per heavy atom. The van der Waals surface area contributed by atoms with E-state index in [1.807, 2.05) is 16.7 Å². The van der Waals surface area contributed by atoms with Gasteiger partial charge >= 0.3 is 17.9 Å². The first kappa shape index (κ1) is 54.3. The molecule has 0 rings (SSSR count). The van der Waals surface area contributed by atoms with E-state index in [2.05, 4.69) is 30.2 Å². The summed E-state index contributed by atoms with van der Waals surface area (Å²) < 4.78 is 24.1. The van der Waals surface area contributed by atoms with Gasteiger partial charge in [0, 0.05) is 79.7 Å². The van der Waals surface area contributed by atoms with E-state index in [0.717, 1.165) is 13.0 Å². The number of carbonyl (C=O) groups is 8. The van der Waals surface area contributed by atoms with Crippen LogP contribution in [0.25, 0.3) is 0 Å². The smallest absolute Gasteiger partial charge is 0.319 e. The van der Waals surface area contributed by atoms with E-state index in [4.69, 9.17) is 9.47 Å². The Kier molecular flexibility index (Phi) is 37.5. The molecule has 3 N–H and O–H groups in total. The number of carbonyl (C=O) groups excluding carboxylic acids is 8. The Bertz CT molecular complexity index is 1090. The van der Waals surface area contributed by atoms with E-state index in [9.17, 15) is 38.4 Å². The molecular formula is C35H66N6O13. The summed E-state index contributed by atoms with van der Waals surface area (Å²) in [5, 5.41) is 8.04. The van der Waals surface area contributed by atoms with Gasteiger partial charge in [-0.25, -0.2) is 0 Å². The summed E-state index contributed by atoms with van der Waals surface area (Å²) in [5.74, 6) is -1.21. The summed E-state index contributed by atoms with van der Waals surface area (Å²) in [4.78, 5) is 92.8. The van der Waals surface area contributed by atoms with Crippen LogP contribution in [0.1, 0.15) is 54.4 Å². The minimum absolute atomic E-state index is 0.0237. The van der Waals surface area contributed by atoms with Crippen molar-refractivity contribution in [2.45, 2.75) is 54.4 Å². The van der Waals surface area contributed by atoms with Crippen molar-refractivity contribution in [2.75, 3.05) is 126 Å². The second-order valence-electron chi connectivity index (χ2n) is 11.8. The van der Waals surface area contributed by atoms with Crippen molar-refractivity contribution in [3.8, 4) is 0 Å². The van der Waals surface area contributed by atoms with E-state index in [-0.39, 0.29) is 79.9 Å². The fraction of sp³-hybridized carbons (Fsp3) is 0.771. The number of ether oxygens (including phenoxy) is 5. The lowest BCUT2D eigenvalue weighted by Crippen LogP contribution is -2.39. The minimum Gasteiger partial charge on any atom is -0.469 e. The fourth-order valence-corrected chi connectivity index (χ4v) is 4.03. The molecule has 0 saturated heterocycles. The molecule has 0 aromatic heterocycles. The first-order valence-electron chi connectivity index (χ1n) is 17.8. The molecule has 19 heteroatoms. The molecule has 0 saturated carbocycles. The Morgan fingerprint density at radius 1 is 0.463 bits per heavy atom. The maximum Gasteiger partial charge on any atom is 0.319 e. The van der Waals surface area contributed by atoms with Crippen molar-refractivity contribution in [3.63, 3.8) is 0 Å². The molecule has 0 aliphatic heterocycles. The average molecular weight is 779 g/mol. The number of nitrogens with one attached hydrogen (secondary N) is 3. The van der Waals surface area contributed by atoms with Crippen molar-refractivity contribution >= 4 is 47.2 Å². The third-order valence-electron chi connectivity index (χ3n) is 6.68. The van der Waals surface area contributed by atoms with Gasteiger partial charge in [0.2, 0.25) is 17.7 Å². The SMILES string of the molecule is CCCN(CCNC(C)=O)CC(=O)OC.COC(=O)CCN(CCNC(C)=O)CCOCC(C)=O.COC(=O)CN(CCNC(C)=O)CCOCC(C)=O. The first-order valence-corrected chi connectivity index (χ1v) is 17.8. The van der Waals surface area contributed by atoms with Crippen LogP contribution in [0.5, 0.6) is 0 Å². The van der Waals surface area contributed by atoms with Gasteiger partial charge in [0.1, 0.15) is 13.2 Å². The van der Waals surface area contributed by atoms with Gasteiger partial charge in [0.05, 0.1) is 54.1 Å².